The van der Waals surface area contributed by atoms with Gasteiger partial charge in [0.15, 0.2) is 0 Å². The summed E-state index contributed by atoms with van der Waals surface area (Å²) >= 11 is 6.28. The summed E-state index contributed by atoms with van der Waals surface area (Å²) in [6.45, 7) is 3.14. The molecule has 2 aromatic rings. The van der Waals surface area contributed by atoms with Gasteiger partial charge >= 0.3 is 5.97 Å². The molecule has 5 nitrogen and oxygen atoms in total. The molecule has 1 saturated heterocycles. The molecule has 138 valence electrons. The van der Waals surface area contributed by atoms with Crippen LogP contribution in [-0.4, -0.2) is 40.2 Å². The summed E-state index contributed by atoms with van der Waals surface area (Å²) in [5.74, 6) is -0.0899. The first-order valence-electron chi connectivity index (χ1n) is 8.93. The summed E-state index contributed by atoms with van der Waals surface area (Å²) in [5, 5.41) is 10.4. The average molecular weight is 375 g/mol. The number of likely N-dealkylation sites (tertiary alicyclic amines) is 1. The van der Waals surface area contributed by atoms with Gasteiger partial charge in [-0.15, -0.1) is 0 Å². The van der Waals surface area contributed by atoms with Crippen molar-refractivity contribution in [2.75, 3.05) is 13.2 Å². The summed E-state index contributed by atoms with van der Waals surface area (Å²) in [7, 11) is 0. The van der Waals surface area contributed by atoms with Gasteiger partial charge in [0.05, 0.1) is 18.3 Å². The van der Waals surface area contributed by atoms with Crippen LogP contribution in [-0.2, 0) is 4.79 Å². The maximum Gasteiger partial charge on any atom is 0.320 e. The average Bonchev–Trinajstić information content (AvgIpc) is 2.65. The zero-order valence-electron chi connectivity index (χ0n) is 14.8. The molecule has 0 aliphatic carbocycles. The van der Waals surface area contributed by atoms with E-state index >= 15 is 0 Å². The Hall–Kier alpha value is -2.11. The summed E-state index contributed by atoms with van der Waals surface area (Å²) in [6.07, 6.45) is 4.23. The first kappa shape index (κ1) is 18.7. The van der Waals surface area contributed by atoms with Crippen LogP contribution in [0, 0.1) is 0 Å². The predicted molar refractivity (Wildman–Crippen MR) is 101 cm³/mol. The van der Waals surface area contributed by atoms with Crippen LogP contribution in [0.3, 0.4) is 0 Å². The van der Waals surface area contributed by atoms with Crippen molar-refractivity contribution in [2.45, 2.75) is 38.3 Å². The van der Waals surface area contributed by atoms with Gasteiger partial charge in [-0.2, -0.15) is 0 Å². The summed E-state index contributed by atoms with van der Waals surface area (Å²) < 4.78 is 5.82. The Labute approximate surface area is 158 Å². The molecule has 0 radical (unpaired) electrons. The molecule has 3 rings (SSSR count). The molecule has 6 heteroatoms. The Bertz CT molecular complexity index is 754. The number of ether oxygens (including phenoxy) is 1. The Morgan fingerprint density at radius 1 is 1.38 bits per heavy atom. The van der Waals surface area contributed by atoms with Crippen LogP contribution in [0.1, 0.15) is 43.5 Å². The minimum absolute atomic E-state index is 0.321. The molecule has 1 fully saturated rings. The number of carboxylic acids is 1. The first-order valence-corrected chi connectivity index (χ1v) is 9.31. The number of piperidine rings is 1. The number of hydrogen-bond donors (Lipinski definition) is 1. The number of benzene rings is 1. The first-order chi connectivity index (χ1) is 12.6. The maximum absolute atomic E-state index is 11.9. The number of nitrogens with zero attached hydrogens (tertiary/aromatic N) is 2. The molecule has 0 bridgehead atoms. The number of rotatable bonds is 6. The fourth-order valence-electron chi connectivity index (χ4n) is 3.59. The van der Waals surface area contributed by atoms with E-state index in [0.717, 1.165) is 24.1 Å². The highest BCUT2D eigenvalue weighted by Gasteiger charge is 2.37. The van der Waals surface area contributed by atoms with Crippen molar-refractivity contribution in [3.63, 3.8) is 0 Å². The summed E-state index contributed by atoms with van der Waals surface area (Å²) in [5.41, 5.74) is 1.65. The lowest BCUT2D eigenvalue weighted by atomic mass is 9.93. The van der Waals surface area contributed by atoms with Crippen LogP contribution in [0.25, 0.3) is 0 Å². The normalized spacial score (nSPS) is 19.1. The van der Waals surface area contributed by atoms with Gasteiger partial charge < -0.3 is 9.84 Å². The topological polar surface area (TPSA) is 62.7 Å². The largest absolute Gasteiger partial charge is 0.494 e. The SMILES string of the molecule is CCOc1ccc(Cl)cc1C(c1ccccn1)N1CCCCC1C(=O)O. The van der Waals surface area contributed by atoms with E-state index in [1.807, 2.05) is 42.2 Å². The summed E-state index contributed by atoms with van der Waals surface area (Å²) in [4.78, 5) is 18.4. The van der Waals surface area contributed by atoms with Crippen molar-refractivity contribution in [2.24, 2.45) is 0 Å². The molecule has 1 aliphatic rings. The monoisotopic (exact) mass is 374 g/mol. The van der Waals surface area contributed by atoms with Gasteiger partial charge in [-0.05, 0) is 56.6 Å². The zero-order valence-corrected chi connectivity index (χ0v) is 15.5. The van der Waals surface area contributed by atoms with E-state index in [1.165, 1.54) is 0 Å². The number of aromatic nitrogens is 1. The van der Waals surface area contributed by atoms with Crippen molar-refractivity contribution < 1.29 is 14.6 Å². The van der Waals surface area contributed by atoms with Crippen molar-refractivity contribution in [1.29, 1.82) is 0 Å². The lowest BCUT2D eigenvalue weighted by molar-refractivity contribution is -0.145. The maximum atomic E-state index is 11.9. The lowest BCUT2D eigenvalue weighted by Gasteiger charge is -2.39. The van der Waals surface area contributed by atoms with E-state index in [0.29, 0.717) is 30.3 Å². The highest BCUT2D eigenvalue weighted by molar-refractivity contribution is 6.30. The Kier molecular flexibility index (Phi) is 6.12. The molecule has 1 aromatic carbocycles. The molecule has 2 unspecified atom stereocenters. The van der Waals surface area contributed by atoms with Crippen molar-refractivity contribution >= 4 is 17.6 Å². The van der Waals surface area contributed by atoms with E-state index < -0.39 is 12.0 Å². The van der Waals surface area contributed by atoms with Crippen molar-refractivity contribution in [3.8, 4) is 5.75 Å². The third kappa shape index (κ3) is 4.00. The Balaban J connectivity index is 2.13. The molecule has 1 aliphatic heterocycles. The number of aliphatic carboxylic acids is 1. The Morgan fingerprint density at radius 2 is 2.23 bits per heavy atom. The van der Waals surface area contributed by atoms with E-state index in [-0.39, 0.29) is 6.04 Å². The van der Waals surface area contributed by atoms with Gasteiger partial charge in [0.1, 0.15) is 11.8 Å². The van der Waals surface area contributed by atoms with Gasteiger partial charge in [-0.25, -0.2) is 0 Å². The van der Waals surface area contributed by atoms with Crippen LogP contribution < -0.4 is 4.74 Å². The van der Waals surface area contributed by atoms with Crippen LogP contribution in [0.5, 0.6) is 5.75 Å². The van der Waals surface area contributed by atoms with Crippen LogP contribution in [0.4, 0.5) is 0 Å². The molecular formula is C20H23ClN2O3. The van der Waals surface area contributed by atoms with Gasteiger partial charge in [0.25, 0.3) is 0 Å². The standard InChI is InChI=1S/C20H23ClN2O3/c1-2-26-18-10-9-14(21)13-15(18)19(16-7-3-5-11-22-16)23-12-6-4-8-17(23)20(24)25/h3,5,7,9-11,13,17,19H,2,4,6,8,12H2,1H3,(H,24,25). The van der Waals surface area contributed by atoms with E-state index in [2.05, 4.69) is 4.98 Å². The Morgan fingerprint density at radius 3 is 2.92 bits per heavy atom. The minimum Gasteiger partial charge on any atom is -0.494 e. The van der Waals surface area contributed by atoms with Crippen LogP contribution in [0.2, 0.25) is 5.02 Å². The fourth-order valence-corrected chi connectivity index (χ4v) is 3.77. The number of carbonyl (C=O) groups is 1. The quantitative estimate of drug-likeness (QED) is 0.822. The smallest absolute Gasteiger partial charge is 0.320 e. The summed E-state index contributed by atoms with van der Waals surface area (Å²) in [6, 6.07) is 10.3. The molecule has 0 spiro atoms. The number of halogens is 1. The second kappa shape index (κ2) is 8.52. The molecule has 1 aromatic heterocycles. The number of hydrogen-bond acceptors (Lipinski definition) is 4. The van der Waals surface area contributed by atoms with Gasteiger partial charge in [-0.3, -0.25) is 14.7 Å². The van der Waals surface area contributed by atoms with E-state index in [4.69, 9.17) is 16.3 Å². The number of carboxylic acid groups (broad SMARTS) is 1. The second-order valence-electron chi connectivity index (χ2n) is 6.36. The predicted octanol–water partition coefficient (Wildman–Crippen LogP) is 4.16. The van der Waals surface area contributed by atoms with Crippen LogP contribution >= 0.6 is 11.6 Å². The molecule has 1 N–H and O–H groups in total. The lowest BCUT2D eigenvalue weighted by Crippen LogP contribution is -2.47. The molecule has 0 saturated carbocycles. The van der Waals surface area contributed by atoms with E-state index in [9.17, 15) is 9.90 Å². The third-order valence-corrected chi connectivity index (χ3v) is 4.93. The molecular weight excluding hydrogens is 352 g/mol. The van der Waals surface area contributed by atoms with Crippen molar-refractivity contribution in [1.82, 2.24) is 9.88 Å². The zero-order chi connectivity index (χ0) is 18.5. The molecule has 2 heterocycles. The van der Waals surface area contributed by atoms with E-state index in [1.54, 1.807) is 12.3 Å². The fraction of sp³-hybridized carbons (Fsp3) is 0.400. The van der Waals surface area contributed by atoms with Crippen LogP contribution in [0.15, 0.2) is 42.6 Å². The molecule has 26 heavy (non-hydrogen) atoms. The highest BCUT2D eigenvalue weighted by Crippen LogP contribution is 2.39. The minimum atomic E-state index is -0.800. The number of pyridine rings is 1. The highest BCUT2D eigenvalue weighted by atomic mass is 35.5. The van der Waals surface area contributed by atoms with Gasteiger partial charge in [0.2, 0.25) is 0 Å². The molecule has 0 amide bonds. The third-order valence-electron chi connectivity index (χ3n) is 4.70. The molecule has 2 atom stereocenters. The second-order valence-corrected chi connectivity index (χ2v) is 6.80. The van der Waals surface area contributed by atoms with Gasteiger partial charge in [0, 0.05) is 16.8 Å². The van der Waals surface area contributed by atoms with Gasteiger partial charge in [-0.1, -0.05) is 24.1 Å². The van der Waals surface area contributed by atoms with Crippen molar-refractivity contribution in [3.05, 3.63) is 58.9 Å².